The van der Waals surface area contributed by atoms with Gasteiger partial charge in [-0.3, -0.25) is 0 Å². The topological polar surface area (TPSA) is 47.0 Å². The predicted molar refractivity (Wildman–Crippen MR) is 42.2 cm³/mol. The Labute approximate surface area is 77.8 Å². The Bertz CT molecular complexity index is 407. The van der Waals surface area contributed by atoms with Crippen LogP contribution in [0.3, 0.4) is 0 Å². The monoisotopic (exact) mass is 227 g/mol. The van der Waals surface area contributed by atoms with Gasteiger partial charge in [-0.25, -0.2) is 22.2 Å². The van der Waals surface area contributed by atoms with Gasteiger partial charge in [0.15, 0.2) is 5.03 Å². The van der Waals surface area contributed by atoms with Gasteiger partial charge in [0.05, 0.1) is 0 Å². The molecule has 0 aliphatic carbocycles. The molecule has 0 unspecified atom stereocenters. The molecule has 13 heavy (non-hydrogen) atoms. The van der Waals surface area contributed by atoms with E-state index in [0.29, 0.717) is 0 Å². The van der Waals surface area contributed by atoms with Gasteiger partial charge in [0, 0.05) is 10.7 Å². The van der Waals surface area contributed by atoms with E-state index in [1.165, 1.54) is 0 Å². The molecule has 0 aliphatic rings. The first-order valence-electron chi connectivity index (χ1n) is 3.11. The number of rotatable bonds is 2. The fourth-order valence-electron chi connectivity index (χ4n) is 0.688. The normalized spacial score (nSPS) is 12.0. The van der Waals surface area contributed by atoms with Crippen molar-refractivity contribution in [3.05, 3.63) is 23.9 Å². The maximum Gasteiger partial charge on any atom is 0.280 e. The molecule has 1 rings (SSSR count). The van der Waals surface area contributed by atoms with Crippen molar-refractivity contribution >= 4 is 19.7 Å². The third-order valence-electron chi connectivity index (χ3n) is 1.22. The number of hydrogen-bond acceptors (Lipinski definition) is 3. The molecule has 0 atom stereocenters. The molecule has 0 bridgehead atoms. The summed E-state index contributed by atoms with van der Waals surface area (Å²) < 4.78 is 45.4. The van der Waals surface area contributed by atoms with E-state index in [0.717, 1.165) is 18.2 Å². The maximum atomic E-state index is 12.0. The van der Waals surface area contributed by atoms with Crippen molar-refractivity contribution in [2.24, 2.45) is 0 Å². The Morgan fingerprint density at radius 3 is 2.46 bits per heavy atom. The minimum atomic E-state index is -4.03. The summed E-state index contributed by atoms with van der Waals surface area (Å²) >= 11 is 0. The summed E-state index contributed by atoms with van der Waals surface area (Å²) in [6.45, 7) is 0. The lowest BCUT2D eigenvalue weighted by atomic mass is 10.4. The Morgan fingerprint density at radius 2 is 2.00 bits per heavy atom. The minimum Gasteiger partial charge on any atom is -0.234 e. The number of nitrogens with zero attached hydrogens (tertiary/aromatic N) is 1. The summed E-state index contributed by atoms with van der Waals surface area (Å²) in [4.78, 5) is 3.17. The molecule has 72 valence electrons. The third kappa shape index (κ3) is 2.60. The highest BCUT2D eigenvalue weighted by Gasteiger charge is 2.15. The molecule has 0 aromatic carbocycles. The zero-order chi connectivity index (χ0) is 10.1. The molecule has 0 saturated carbocycles. The Morgan fingerprint density at radius 1 is 1.38 bits per heavy atom. The van der Waals surface area contributed by atoms with Gasteiger partial charge in [0.1, 0.15) is 5.69 Å². The molecule has 1 aromatic heterocycles. The molecule has 3 nitrogen and oxygen atoms in total. The zero-order valence-corrected chi connectivity index (χ0v) is 7.69. The first-order valence-corrected chi connectivity index (χ1v) is 5.42. The standard InChI is InChI=1S/C6H4ClF2NO2S/c7-13(11,12)5-3-1-2-4(10-5)6(8)9/h1-3,6H. The molecule has 1 aromatic rings. The van der Waals surface area contributed by atoms with Crippen LogP contribution in [0.15, 0.2) is 23.2 Å². The average Bonchev–Trinajstić information content (AvgIpc) is 2.03. The molecule has 0 spiro atoms. The fraction of sp³-hybridized carbons (Fsp3) is 0.167. The summed E-state index contributed by atoms with van der Waals surface area (Å²) in [6, 6.07) is 3.23. The van der Waals surface area contributed by atoms with E-state index in [1.54, 1.807) is 0 Å². The number of halogens is 3. The molecular formula is C6H4ClF2NO2S. The van der Waals surface area contributed by atoms with Crippen LogP contribution in [-0.4, -0.2) is 13.4 Å². The number of hydrogen-bond donors (Lipinski definition) is 0. The second-order valence-electron chi connectivity index (χ2n) is 2.14. The Balaban J connectivity index is 3.21. The van der Waals surface area contributed by atoms with E-state index in [9.17, 15) is 17.2 Å². The fourth-order valence-corrected chi connectivity index (χ4v) is 1.40. The molecule has 0 fully saturated rings. The van der Waals surface area contributed by atoms with Gasteiger partial charge >= 0.3 is 0 Å². The quantitative estimate of drug-likeness (QED) is 0.726. The van der Waals surface area contributed by atoms with Crippen molar-refractivity contribution in [3.63, 3.8) is 0 Å². The van der Waals surface area contributed by atoms with Crippen LogP contribution in [-0.2, 0) is 9.05 Å². The highest BCUT2D eigenvalue weighted by atomic mass is 35.7. The summed E-state index contributed by atoms with van der Waals surface area (Å²) in [6.07, 6.45) is -2.81. The minimum absolute atomic E-state index is 0.563. The maximum absolute atomic E-state index is 12.0. The predicted octanol–water partition coefficient (Wildman–Crippen LogP) is 1.95. The lowest BCUT2D eigenvalue weighted by Crippen LogP contribution is -1.98. The number of alkyl halides is 2. The van der Waals surface area contributed by atoms with E-state index in [1.807, 2.05) is 0 Å². The molecule has 0 saturated heterocycles. The molecule has 1 heterocycles. The first kappa shape index (κ1) is 10.3. The number of aromatic nitrogens is 1. The van der Waals surface area contributed by atoms with E-state index in [2.05, 4.69) is 4.98 Å². The van der Waals surface area contributed by atoms with E-state index < -0.39 is 26.2 Å². The van der Waals surface area contributed by atoms with Crippen molar-refractivity contribution < 1.29 is 17.2 Å². The average molecular weight is 228 g/mol. The smallest absolute Gasteiger partial charge is 0.234 e. The van der Waals surface area contributed by atoms with Crippen LogP contribution in [0.1, 0.15) is 12.1 Å². The van der Waals surface area contributed by atoms with Crippen molar-refractivity contribution in [1.82, 2.24) is 4.98 Å². The molecular weight excluding hydrogens is 224 g/mol. The van der Waals surface area contributed by atoms with Crippen LogP contribution in [0.2, 0.25) is 0 Å². The van der Waals surface area contributed by atoms with E-state index >= 15 is 0 Å². The lowest BCUT2D eigenvalue weighted by Gasteiger charge is -1.99. The van der Waals surface area contributed by atoms with Crippen molar-refractivity contribution in [2.75, 3.05) is 0 Å². The van der Waals surface area contributed by atoms with Gasteiger partial charge in [-0.15, -0.1) is 0 Å². The highest BCUT2D eigenvalue weighted by Crippen LogP contribution is 2.19. The van der Waals surface area contributed by atoms with Gasteiger partial charge in [-0.05, 0) is 12.1 Å². The van der Waals surface area contributed by atoms with Crippen LogP contribution >= 0.6 is 10.7 Å². The Kier molecular flexibility index (Phi) is 2.82. The summed E-state index contributed by atoms with van der Waals surface area (Å²) in [5.74, 6) is 0. The van der Waals surface area contributed by atoms with E-state index in [-0.39, 0.29) is 0 Å². The van der Waals surface area contributed by atoms with Gasteiger partial charge in [-0.2, -0.15) is 0 Å². The number of pyridine rings is 1. The van der Waals surface area contributed by atoms with E-state index in [4.69, 9.17) is 10.7 Å². The third-order valence-corrected chi connectivity index (χ3v) is 2.42. The Hall–Kier alpha value is -0.750. The van der Waals surface area contributed by atoms with Crippen LogP contribution in [0.4, 0.5) is 8.78 Å². The first-order chi connectivity index (χ1) is 5.91. The van der Waals surface area contributed by atoms with Crippen LogP contribution in [0.25, 0.3) is 0 Å². The SMILES string of the molecule is O=S(=O)(Cl)c1cccc(C(F)F)n1. The van der Waals surface area contributed by atoms with Crippen molar-refractivity contribution in [1.29, 1.82) is 0 Å². The van der Waals surface area contributed by atoms with Crippen LogP contribution in [0.5, 0.6) is 0 Å². The zero-order valence-electron chi connectivity index (χ0n) is 6.12. The second kappa shape index (κ2) is 3.55. The molecule has 0 radical (unpaired) electrons. The van der Waals surface area contributed by atoms with Crippen molar-refractivity contribution in [2.45, 2.75) is 11.5 Å². The van der Waals surface area contributed by atoms with Gasteiger partial charge in [0.2, 0.25) is 0 Å². The summed E-state index contributed by atoms with van der Waals surface area (Å²) in [5.41, 5.74) is -0.610. The second-order valence-corrected chi connectivity index (χ2v) is 4.65. The van der Waals surface area contributed by atoms with Gasteiger partial charge < -0.3 is 0 Å². The van der Waals surface area contributed by atoms with Crippen LogP contribution in [0, 0.1) is 0 Å². The van der Waals surface area contributed by atoms with Crippen LogP contribution < -0.4 is 0 Å². The molecule has 0 aliphatic heterocycles. The van der Waals surface area contributed by atoms with Gasteiger partial charge in [-0.1, -0.05) is 6.07 Å². The largest absolute Gasteiger partial charge is 0.280 e. The van der Waals surface area contributed by atoms with Crippen molar-refractivity contribution in [3.8, 4) is 0 Å². The summed E-state index contributed by atoms with van der Waals surface area (Å²) in [5, 5.41) is -0.563. The highest BCUT2D eigenvalue weighted by molar-refractivity contribution is 8.13. The lowest BCUT2D eigenvalue weighted by molar-refractivity contribution is 0.145. The summed E-state index contributed by atoms with van der Waals surface area (Å²) in [7, 11) is 0.869. The molecule has 0 N–H and O–H groups in total. The van der Waals surface area contributed by atoms with Gasteiger partial charge in [0.25, 0.3) is 15.5 Å². The molecule has 0 amide bonds. The molecule has 7 heteroatoms.